The zero-order valence-corrected chi connectivity index (χ0v) is 9.72. The van der Waals surface area contributed by atoms with Crippen LogP contribution in [0.2, 0.25) is 0 Å². The van der Waals surface area contributed by atoms with Gasteiger partial charge >= 0.3 is 0 Å². The van der Waals surface area contributed by atoms with Gasteiger partial charge in [-0.2, -0.15) is 5.10 Å². The van der Waals surface area contributed by atoms with Crippen LogP contribution in [0.1, 0.15) is 31.2 Å². The molecule has 0 spiro atoms. The fourth-order valence-electron chi connectivity index (χ4n) is 2.44. The summed E-state index contributed by atoms with van der Waals surface area (Å²) in [5.41, 5.74) is 7.04. The SMILES string of the molecule is Cn1cc(CCC(=O)C2CCCC2N)cn1. The molecule has 0 aromatic carbocycles. The Morgan fingerprint density at radius 2 is 2.44 bits per heavy atom. The van der Waals surface area contributed by atoms with Crippen LogP contribution in [0.4, 0.5) is 0 Å². The highest BCUT2D eigenvalue weighted by Gasteiger charge is 2.29. The molecule has 0 radical (unpaired) electrons. The average molecular weight is 221 g/mol. The van der Waals surface area contributed by atoms with E-state index in [0.717, 1.165) is 31.2 Å². The minimum Gasteiger partial charge on any atom is -0.327 e. The number of Topliss-reactive ketones (excluding diaryl/α,β-unsaturated/α-hetero) is 1. The van der Waals surface area contributed by atoms with Crippen LogP contribution in [0.5, 0.6) is 0 Å². The van der Waals surface area contributed by atoms with E-state index in [4.69, 9.17) is 5.73 Å². The van der Waals surface area contributed by atoms with E-state index in [0.29, 0.717) is 12.2 Å². The van der Waals surface area contributed by atoms with Crippen LogP contribution in [0, 0.1) is 5.92 Å². The van der Waals surface area contributed by atoms with Crippen molar-refractivity contribution in [2.45, 2.75) is 38.1 Å². The molecular formula is C12H19N3O. The highest BCUT2D eigenvalue weighted by Crippen LogP contribution is 2.26. The van der Waals surface area contributed by atoms with E-state index in [1.54, 1.807) is 4.68 Å². The molecule has 2 atom stereocenters. The van der Waals surface area contributed by atoms with Crippen LogP contribution < -0.4 is 5.73 Å². The first-order valence-electron chi connectivity index (χ1n) is 5.92. The zero-order valence-electron chi connectivity index (χ0n) is 9.72. The van der Waals surface area contributed by atoms with Crippen molar-refractivity contribution >= 4 is 5.78 Å². The van der Waals surface area contributed by atoms with Gasteiger partial charge in [0.1, 0.15) is 5.78 Å². The Kier molecular flexibility index (Phi) is 3.39. The van der Waals surface area contributed by atoms with Crippen LogP contribution in [0.3, 0.4) is 0 Å². The summed E-state index contributed by atoms with van der Waals surface area (Å²) in [6.45, 7) is 0. The molecule has 16 heavy (non-hydrogen) atoms. The third-order valence-electron chi connectivity index (χ3n) is 3.40. The molecule has 2 rings (SSSR count). The third kappa shape index (κ3) is 2.50. The number of nitrogens with zero attached hydrogens (tertiary/aromatic N) is 2. The monoisotopic (exact) mass is 221 g/mol. The van der Waals surface area contributed by atoms with E-state index in [2.05, 4.69) is 5.10 Å². The lowest BCUT2D eigenvalue weighted by atomic mass is 9.95. The highest BCUT2D eigenvalue weighted by molar-refractivity contribution is 5.82. The molecule has 2 unspecified atom stereocenters. The predicted octanol–water partition coefficient (Wildman–Crippen LogP) is 1.05. The number of rotatable bonds is 4. The fraction of sp³-hybridized carbons (Fsp3) is 0.667. The topological polar surface area (TPSA) is 60.9 Å². The molecule has 88 valence electrons. The van der Waals surface area contributed by atoms with Crippen molar-refractivity contribution < 1.29 is 4.79 Å². The van der Waals surface area contributed by atoms with Crippen molar-refractivity contribution in [1.29, 1.82) is 0 Å². The molecule has 0 amide bonds. The van der Waals surface area contributed by atoms with Gasteiger partial charge in [0.15, 0.2) is 0 Å². The van der Waals surface area contributed by atoms with Crippen LogP contribution in [-0.2, 0) is 18.3 Å². The number of nitrogens with two attached hydrogens (primary N) is 1. The standard InChI is InChI=1S/C12H19N3O/c1-15-8-9(7-14-15)5-6-12(16)10-3-2-4-11(10)13/h7-8,10-11H,2-6,13H2,1H3. The van der Waals surface area contributed by atoms with Crippen molar-refractivity contribution in [2.24, 2.45) is 18.7 Å². The summed E-state index contributed by atoms with van der Waals surface area (Å²) in [6.07, 6.45) is 8.25. The first-order valence-corrected chi connectivity index (χ1v) is 5.92. The molecule has 1 aliphatic carbocycles. The number of carbonyl (C=O) groups excluding carboxylic acids is 1. The summed E-state index contributed by atoms with van der Waals surface area (Å²) >= 11 is 0. The lowest BCUT2D eigenvalue weighted by Gasteiger charge is -2.13. The average Bonchev–Trinajstić information content (AvgIpc) is 2.84. The van der Waals surface area contributed by atoms with Gasteiger partial charge in [-0.15, -0.1) is 0 Å². The second-order valence-corrected chi connectivity index (χ2v) is 4.69. The van der Waals surface area contributed by atoms with Crippen LogP contribution in [0.15, 0.2) is 12.4 Å². The van der Waals surface area contributed by atoms with E-state index in [1.807, 2.05) is 19.4 Å². The molecule has 1 fully saturated rings. The van der Waals surface area contributed by atoms with Gasteiger partial charge in [-0.1, -0.05) is 6.42 Å². The van der Waals surface area contributed by atoms with Gasteiger partial charge in [0, 0.05) is 31.6 Å². The second kappa shape index (κ2) is 4.78. The molecular weight excluding hydrogens is 202 g/mol. The summed E-state index contributed by atoms with van der Waals surface area (Å²) in [5.74, 6) is 0.436. The molecule has 0 bridgehead atoms. The summed E-state index contributed by atoms with van der Waals surface area (Å²) in [6, 6.07) is 0.0985. The van der Waals surface area contributed by atoms with E-state index in [9.17, 15) is 4.79 Å². The Morgan fingerprint density at radius 3 is 3.00 bits per heavy atom. The summed E-state index contributed by atoms with van der Waals surface area (Å²) < 4.78 is 1.76. The van der Waals surface area contributed by atoms with Crippen molar-refractivity contribution in [1.82, 2.24) is 9.78 Å². The number of aryl methyl sites for hydroxylation is 2. The maximum Gasteiger partial charge on any atom is 0.137 e. The van der Waals surface area contributed by atoms with Gasteiger partial charge in [-0.25, -0.2) is 0 Å². The molecule has 1 heterocycles. The Balaban J connectivity index is 1.83. The smallest absolute Gasteiger partial charge is 0.137 e. The van der Waals surface area contributed by atoms with E-state index < -0.39 is 0 Å². The molecule has 0 saturated heterocycles. The van der Waals surface area contributed by atoms with Gasteiger partial charge in [0.25, 0.3) is 0 Å². The molecule has 0 aliphatic heterocycles. The van der Waals surface area contributed by atoms with Crippen LogP contribution in [-0.4, -0.2) is 21.6 Å². The van der Waals surface area contributed by atoms with E-state index in [1.165, 1.54) is 0 Å². The van der Waals surface area contributed by atoms with Crippen molar-refractivity contribution in [2.75, 3.05) is 0 Å². The quantitative estimate of drug-likeness (QED) is 0.826. The fourth-order valence-corrected chi connectivity index (χ4v) is 2.44. The lowest BCUT2D eigenvalue weighted by molar-refractivity contribution is -0.123. The molecule has 4 nitrogen and oxygen atoms in total. The molecule has 1 aromatic rings. The maximum absolute atomic E-state index is 11.9. The largest absolute Gasteiger partial charge is 0.327 e. The van der Waals surface area contributed by atoms with Gasteiger partial charge in [-0.05, 0) is 24.8 Å². The Morgan fingerprint density at radius 1 is 1.62 bits per heavy atom. The Hall–Kier alpha value is -1.16. The third-order valence-corrected chi connectivity index (χ3v) is 3.40. The molecule has 1 saturated carbocycles. The highest BCUT2D eigenvalue weighted by atomic mass is 16.1. The van der Waals surface area contributed by atoms with Crippen LogP contribution >= 0.6 is 0 Å². The van der Waals surface area contributed by atoms with E-state index >= 15 is 0 Å². The number of hydrogen-bond acceptors (Lipinski definition) is 3. The minimum atomic E-state index is 0.0985. The number of hydrogen-bond donors (Lipinski definition) is 1. The number of ketones is 1. The van der Waals surface area contributed by atoms with Gasteiger partial charge < -0.3 is 5.73 Å². The number of carbonyl (C=O) groups is 1. The molecule has 2 N–H and O–H groups in total. The summed E-state index contributed by atoms with van der Waals surface area (Å²) in [7, 11) is 1.89. The van der Waals surface area contributed by atoms with Gasteiger partial charge in [0.2, 0.25) is 0 Å². The first kappa shape index (κ1) is 11.3. The number of aromatic nitrogens is 2. The van der Waals surface area contributed by atoms with E-state index in [-0.39, 0.29) is 12.0 Å². The van der Waals surface area contributed by atoms with Gasteiger partial charge in [0.05, 0.1) is 6.20 Å². The molecule has 1 aliphatic rings. The Labute approximate surface area is 95.8 Å². The van der Waals surface area contributed by atoms with Crippen molar-refractivity contribution in [3.05, 3.63) is 18.0 Å². The lowest BCUT2D eigenvalue weighted by Crippen LogP contribution is -2.30. The van der Waals surface area contributed by atoms with Crippen LogP contribution in [0.25, 0.3) is 0 Å². The van der Waals surface area contributed by atoms with Crippen molar-refractivity contribution in [3.63, 3.8) is 0 Å². The first-order chi connectivity index (χ1) is 7.66. The second-order valence-electron chi connectivity index (χ2n) is 4.69. The molecule has 4 heteroatoms. The molecule has 1 aromatic heterocycles. The minimum absolute atomic E-state index is 0.0985. The summed E-state index contributed by atoms with van der Waals surface area (Å²) in [4.78, 5) is 11.9. The summed E-state index contributed by atoms with van der Waals surface area (Å²) in [5, 5.41) is 4.09. The van der Waals surface area contributed by atoms with Gasteiger partial charge in [-0.3, -0.25) is 9.48 Å². The Bertz CT molecular complexity index is 372. The predicted molar refractivity (Wildman–Crippen MR) is 61.9 cm³/mol. The van der Waals surface area contributed by atoms with Crippen molar-refractivity contribution in [3.8, 4) is 0 Å². The maximum atomic E-state index is 11.9. The zero-order chi connectivity index (χ0) is 11.5. The normalized spacial score (nSPS) is 24.9.